The Labute approximate surface area is 165 Å². The minimum absolute atomic E-state index is 0.0246. The van der Waals surface area contributed by atoms with Crippen molar-refractivity contribution in [2.45, 2.75) is 6.42 Å². The largest absolute Gasteiger partial charge is 0.493 e. The summed E-state index contributed by atoms with van der Waals surface area (Å²) in [5, 5.41) is 7.07. The number of hydrogen-bond donors (Lipinski definition) is 2. The number of nitrogens with one attached hydrogen (secondary N) is 2. The highest BCUT2D eigenvalue weighted by molar-refractivity contribution is 7.12. The number of thiophene rings is 1. The highest BCUT2D eigenvalue weighted by Crippen LogP contribution is 2.27. The van der Waals surface area contributed by atoms with Crippen LogP contribution in [0.4, 0.5) is 6.01 Å². The number of methoxy groups -OCH3 is 2. The molecule has 0 unspecified atom stereocenters. The van der Waals surface area contributed by atoms with Crippen LogP contribution in [-0.2, 0) is 6.42 Å². The molecule has 0 spiro atoms. The quantitative estimate of drug-likeness (QED) is 0.602. The van der Waals surface area contributed by atoms with Crippen molar-refractivity contribution in [2.75, 3.05) is 26.1 Å². The van der Waals surface area contributed by atoms with E-state index >= 15 is 0 Å². The van der Waals surface area contributed by atoms with Crippen LogP contribution in [0.15, 0.2) is 46.4 Å². The topological polar surface area (TPSA) is 103 Å². The van der Waals surface area contributed by atoms with E-state index in [1.54, 1.807) is 31.7 Å². The fourth-order valence-electron chi connectivity index (χ4n) is 2.45. The summed E-state index contributed by atoms with van der Waals surface area (Å²) >= 11 is 1.30. The molecule has 2 aromatic heterocycles. The van der Waals surface area contributed by atoms with E-state index in [-0.39, 0.29) is 23.5 Å². The Kier molecular flexibility index (Phi) is 6.28. The van der Waals surface area contributed by atoms with Crippen molar-refractivity contribution in [1.29, 1.82) is 0 Å². The van der Waals surface area contributed by atoms with E-state index in [1.807, 2.05) is 18.2 Å². The molecule has 0 aliphatic heterocycles. The lowest BCUT2D eigenvalue weighted by Crippen LogP contribution is -2.26. The second-order valence-corrected chi connectivity index (χ2v) is 6.61. The highest BCUT2D eigenvalue weighted by Gasteiger charge is 2.15. The van der Waals surface area contributed by atoms with Crippen LogP contribution in [0.5, 0.6) is 11.5 Å². The van der Waals surface area contributed by atoms with Gasteiger partial charge in [-0.1, -0.05) is 12.1 Å². The highest BCUT2D eigenvalue weighted by atomic mass is 32.1. The van der Waals surface area contributed by atoms with Crippen LogP contribution in [0.3, 0.4) is 0 Å². The van der Waals surface area contributed by atoms with Gasteiger partial charge in [-0.25, -0.2) is 0 Å². The lowest BCUT2D eigenvalue weighted by atomic mass is 10.1. The molecule has 0 saturated carbocycles. The molecule has 8 nitrogen and oxygen atoms in total. The van der Waals surface area contributed by atoms with Gasteiger partial charge in [0.05, 0.1) is 19.1 Å². The molecule has 0 aliphatic rings. The van der Waals surface area contributed by atoms with Crippen LogP contribution in [0.2, 0.25) is 0 Å². The molecule has 2 amide bonds. The smallest absolute Gasteiger partial charge is 0.302 e. The molecule has 0 bridgehead atoms. The molecule has 0 fully saturated rings. The summed E-state index contributed by atoms with van der Waals surface area (Å²) in [5.74, 6) is 0.557. The predicted octanol–water partition coefficient (Wildman–Crippen LogP) is 2.98. The summed E-state index contributed by atoms with van der Waals surface area (Å²) in [6, 6.07) is 9.01. The summed E-state index contributed by atoms with van der Waals surface area (Å²) in [7, 11) is 3.15. The number of ether oxygens (including phenoxy) is 2. The van der Waals surface area contributed by atoms with Gasteiger partial charge < -0.3 is 19.2 Å². The molecule has 0 radical (unpaired) electrons. The zero-order valence-electron chi connectivity index (χ0n) is 15.4. The fraction of sp³-hybridized carbons (Fsp3) is 0.211. The van der Waals surface area contributed by atoms with Gasteiger partial charge in [0.2, 0.25) is 0 Å². The molecule has 0 saturated heterocycles. The number of nitrogens with zero attached hydrogens (tertiary/aromatic N) is 1. The number of oxazole rings is 1. The molecule has 146 valence electrons. The van der Waals surface area contributed by atoms with Crippen molar-refractivity contribution in [3.63, 3.8) is 0 Å². The Morgan fingerprint density at radius 2 is 1.96 bits per heavy atom. The van der Waals surface area contributed by atoms with Gasteiger partial charge in [0.15, 0.2) is 17.2 Å². The van der Waals surface area contributed by atoms with Gasteiger partial charge in [-0.2, -0.15) is 4.98 Å². The molecular weight excluding hydrogens is 382 g/mol. The van der Waals surface area contributed by atoms with Crippen molar-refractivity contribution < 1.29 is 23.5 Å². The SMILES string of the molecule is COc1ccc(CCNC(=O)c2coc(NC(=O)c3cccs3)n2)cc1OC. The Bertz CT molecular complexity index is 952. The first-order chi connectivity index (χ1) is 13.6. The number of anilines is 1. The van der Waals surface area contributed by atoms with Gasteiger partial charge in [0.25, 0.3) is 11.8 Å². The van der Waals surface area contributed by atoms with Gasteiger partial charge in [-0.3, -0.25) is 14.9 Å². The zero-order valence-corrected chi connectivity index (χ0v) is 16.2. The van der Waals surface area contributed by atoms with Crippen molar-refractivity contribution in [3.8, 4) is 11.5 Å². The van der Waals surface area contributed by atoms with Crippen LogP contribution < -0.4 is 20.1 Å². The van der Waals surface area contributed by atoms with E-state index < -0.39 is 0 Å². The predicted molar refractivity (Wildman–Crippen MR) is 104 cm³/mol. The number of aromatic nitrogens is 1. The maximum absolute atomic E-state index is 12.2. The molecular formula is C19H19N3O5S. The number of benzene rings is 1. The number of amides is 2. The number of carbonyl (C=O) groups is 2. The average Bonchev–Trinajstić information content (AvgIpc) is 3.40. The molecule has 3 aromatic rings. The normalized spacial score (nSPS) is 10.4. The van der Waals surface area contributed by atoms with Gasteiger partial charge in [0.1, 0.15) is 6.26 Å². The van der Waals surface area contributed by atoms with Crippen molar-refractivity contribution in [1.82, 2.24) is 10.3 Å². The third-order valence-electron chi connectivity index (χ3n) is 3.85. The zero-order chi connectivity index (χ0) is 19.9. The summed E-state index contributed by atoms with van der Waals surface area (Å²) in [6.45, 7) is 0.401. The summed E-state index contributed by atoms with van der Waals surface area (Å²) in [5.41, 5.74) is 1.08. The lowest BCUT2D eigenvalue weighted by Gasteiger charge is -2.09. The second-order valence-electron chi connectivity index (χ2n) is 5.66. The van der Waals surface area contributed by atoms with E-state index in [9.17, 15) is 9.59 Å². The fourth-order valence-corrected chi connectivity index (χ4v) is 3.07. The Hall–Kier alpha value is -3.33. The van der Waals surface area contributed by atoms with Crippen LogP contribution in [0, 0.1) is 0 Å². The molecule has 0 aliphatic carbocycles. The third kappa shape index (κ3) is 4.68. The number of carbonyl (C=O) groups excluding carboxylic acids is 2. The van der Waals surface area contributed by atoms with Crippen LogP contribution in [-0.4, -0.2) is 37.6 Å². The summed E-state index contributed by atoms with van der Waals surface area (Å²) in [4.78, 5) is 28.7. The standard InChI is InChI=1S/C19H19N3O5S/c1-25-14-6-5-12(10-15(14)26-2)7-8-20-17(23)13-11-27-19(21-13)22-18(24)16-4-3-9-28-16/h3-6,9-11H,7-8H2,1-2H3,(H,20,23)(H,21,22,24). The van der Waals surface area contributed by atoms with Gasteiger partial charge in [-0.05, 0) is 35.6 Å². The minimum Gasteiger partial charge on any atom is -0.493 e. The summed E-state index contributed by atoms with van der Waals surface area (Å²) in [6.07, 6.45) is 1.81. The van der Waals surface area contributed by atoms with E-state index in [0.717, 1.165) is 5.56 Å². The molecule has 0 atom stereocenters. The van der Waals surface area contributed by atoms with Gasteiger partial charge in [0, 0.05) is 6.54 Å². The molecule has 2 heterocycles. The van der Waals surface area contributed by atoms with Crippen LogP contribution in [0.1, 0.15) is 25.7 Å². The third-order valence-corrected chi connectivity index (χ3v) is 4.72. The Balaban J connectivity index is 1.51. The molecule has 3 rings (SSSR count). The van der Waals surface area contributed by atoms with E-state index in [2.05, 4.69) is 15.6 Å². The molecule has 1 aromatic carbocycles. The lowest BCUT2D eigenvalue weighted by molar-refractivity contribution is 0.0948. The molecule has 9 heteroatoms. The van der Waals surface area contributed by atoms with E-state index in [4.69, 9.17) is 13.9 Å². The van der Waals surface area contributed by atoms with Gasteiger partial charge in [-0.15, -0.1) is 11.3 Å². The van der Waals surface area contributed by atoms with E-state index in [1.165, 1.54) is 17.6 Å². The van der Waals surface area contributed by atoms with Crippen molar-refractivity contribution >= 4 is 29.2 Å². The van der Waals surface area contributed by atoms with E-state index in [0.29, 0.717) is 29.3 Å². The second kappa shape index (κ2) is 9.05. The first-order valence-electron chi connectivity index (χ1n) is 8.40. The van der Waals surface area contributed by atoms with Crippen LogP contribution >= 0.6 is 11.3 Å². The summed E-state index contributed by atoms with van der Waals surface area (Å²) < 4.78 is 15.6. The maximum Gasteiger partial charge on any atom is 0.302 e. The molecule has 2 N–H and O–H groups in total. The first-order valence-corrected chi connectivity index (χ1v) is 9.28. The number of rotatable bonds is 8. The van der Waals surface area contributed by atoms with Crippen LogP contribution in [0.25, 0.3) is 0 Å². The number of hydrogen-bond acceptors (Lipinski definition) is 7. The van der Waals surface area contributed by atoms with Crippen molar-refractivity contribution in [2.24, 2.45) is 0 Å². The first kappa shape index (κ1) is 19.4. The monoisotopic (exact) mass is 401 g/mol. The Morgan fingerprint density at radius 3 is 2.68 bits per heavy atom. The minimum atomic E-state index is -0.388. The van der Waals surface area contributed by atoms with Gasteiger partial charge >= 0.3 is 6.01 Å². The molecule has 28 heavy (non-hydrogen) atoms. The van der Waals surface area contributed by atoms with Crippen molar-refractivity contribution in [3.05, 3.63) is 58.1 Å². The average molecular weight is 401 g/mol. The maximum atomic E-state index is 12.2. The Morgan fingerprint density at radius 1 is 1.14 bits per heavy atom.